The Morgan fingerprint density at radius 1 is 1.06 bits per heavy atom. The molecule has 4 rings (SSSR count). The number of phenols is 1. The van der Waals surface area contributed by atoms with Crippen LogP contribution in [0.4, 0.5) is 11.5 Å². The van der Waals surface area contributed by atoms with E-state index in [1.807, 2.05) is 6.07 Å². The number of aliphatic hydroxyl groups excluding tert-OH is 2. The largest absolute Gasteiger partial charge is 0.506 e. The maximum Gasteiger partial charge on any atom is 0.139 e. The molecule has 0 bridgehead atoms. The molecule has 8 heteroatoms. The number of nitrogens with zero attached hydrogens (tertiary/aromatic N) is 3. The Bertz CT molecular complexity index is 907. The third kappa shape index (κ3) is 5.14. The van der Waals surface area contributed by atoms with E-state index in [2.05, 4.69) is 23.8 Å². The summed E-state index contributed by atoms with van der Waals surface area (Å²) in [5, 5.41) is 29.2. The summed E-state index contributed by atoms with van der Waals surface area (Å²) in [4.78, 5) is 10.4. The molecule has 176 valence electrons. The van der Waals surface area contributed by atoms with Gasteiger partial charge in [-0.05, 0) is 42.4 Å². The molecule has 0 atom stereocenters. The lowest BCUT2D eigenvalue weighted by Gasteiger charge is -2.37. The standard InChI is InChI=1S/C18H24N4O3.C6H13N/c1-18(2)9-12-11(15-14(18)17(19)21-10-20-15)3-4-13(25)16(12)22(5-7-23)6-8-24;7-6-4-2-1-3-5-6/h3-4,10,23-25H,5-9H2,1-2H3,(H2,19,20,21);6H,1-5,7H2. The van der Waals surface area contributed by atoms with Gasteiger partial charge in [0.15, 0.2) is 0 Å². The number of aliphatic hydroxyl groups is 2. The first-order chi connectivity index (χ1) is 15.3. The van der Waals surface area contributed by atoms with Crippen LogP contribution in [-0.4, -0.2) is 57.6 Å². The lowest BCUT2D eigenvalue weighted by molar-refractivity contribution is 0.280. The van der Waals surface area contributed by atoms with Crippen molar-refractivity contribution in [2.45, 2.75) is 63.8 Å². The number of anilines is 2. The molecule has 1 fully saturated rings. The molecule has 1 aromatic heterocycles. The number of phenolic OH excluding ortho intramolecular Hbond substituents is 1. The van der Waals surface area contributed by atoms with Crippen molar-refractivity contribution in [2.24, 2.45) is 5.73 Å². The Labute approximate surface area is 190 Å². The van der Waals surface area contributed by atoms with Crippen LogP contribution in [0.3, 0.4) is 0 Å². The molecule has 1 heterocycles. The summed E-state index contributed by atoms with van der Waals surface area (Å²) in [6.45, 7) is 4.65. The maximum absolute atomic E-state index is 10.5. The third-order valence-corrected chi connectivity index (χ3v) is 6.39. The summed E-state index contributed by atoms with van der Waals surface area (Å²) in [5.41, 5.74) is 15.6. The van der Waals surface area contributed by atoms with Gasteiger partial charge < -0.3 is 31.7 Å². The zero-order valence-corrected chi connectivity index (χ0v) is 19.2. The number of aromatic nitrogens is 2. The minimum atomic E-state index is -0.305. The van der Waals surface area contributed by atoms with Crippen molar-refractivity contribution in [3.05, 3.63) is 29.6 Å². The molecule has 0 unspecified atom stereocenters. The van der Waals surface area contributed by atoms with Gasteiger partial charge in [-0.3, -0.25) is 0 Å². The van der Waals surface area contributed by atoms with Crippen molar-refractivity contribution in [3.8, 4) is 17.0 Å². The van der Waals surface area contributed by atoms with Gasteiger partial charge in [-0.1, -0.05) is 33.1 Å². The number of fused-ring (bicyclic) bond motifs is 3. The van der Waals surface area contributed by atoms with Gasteiger partial charge in [-0.15, -0.1) is 0 Å². The fourth-order valence-corrected chi connectivity index (χ4v) is 4.89. The summed E-state index contributed by atoms with van der Waals surface area (Å²) in [7, 11) is 0. The van der Waals surface area contributed by atoms with Crippen LogP contribution in [0.15, 0.2) is 18.5 Å². The topological polar surface area (TPSA) is 142 Å². The van der Waals surface area contributed by atoms with Gasteiger partial charge in [-0.2, -0.15) is 0 Å². The molecule has 0 amide bonds. The van der Waals surface area contributed by atoms with E-state index in [9.17, 15) is 15.3 Å². The first-order valence-corrected chi connectivity index (χ1v) is 11.5. The van der Waals surface area contributed by atoms with Gasteiger partial charge in [0.1, 0.15) is 17.9 Å². The second-order valence-electron chi connectivity index (χ2n) is 9.33. The molecule has 8 nitrogen and oxygen atoms in total. The summed E-state index contributed by atoms with van der Waals surface area (Å²) in [5.74, 6) is 0.597. The summed E-state index contributed by atoms with van der Waals surface area (Å²) in [6, 6.07) is 4.00. The zero-order valence-electron chi connectivity index (χ0n) is 19.2. The fourth-order valence-electron chi connectivity index (χ4n) is 4.89. The maximum atomic E-state index is 10.5. The van der Waals surface area contributed by atoms with E-state index in [4.69, 9.17) is 11.5 Å². The van der Waals surface area contributed by atoms with Gasteiger partial charge in [0.25, 0.3) is 0 Å². The second kappa shape index (κ2) is 10.5. The number of rotatable bonds is 5. The van der Waals surface area contributed by atoms with Crippen molar-refractivity contribution >= 4 is 11.5 Å². The SMILES string of the molecule is CC1(C)Cc2c(ccc(O)c2N(CCO)CCO)-c2ncnc(N)c21.NC1CCCCC1. The van der Waals surface area contributed by atoms with Gasteiger partial charge in [0.2, 0.25) is 0 Å². The van der Waals surface area contributed by atoms with E-state index in [1.54, 1.807) is 11.0 Å². The molecular weight excluding hydrogens is 406 g/mol. The van der Waals surface area contributed by atoms with Gasteiger partial charge in [0, 0.05) is 30.3 Å². The third-order valence-electron chi connectivity index (χ3n) is 6.39. The van der Waals surface area contributed by atoms with Gasteiger partial charge in [0.05, 0.1) is 24.6 Å². The van der Waals surface area contributed by atoms with Crippen LogP contribution in [0.25, 0.3) is 11.3 Å². The smallest absolute Gasteiger partial charge is 0.139 e. The van der Waals surface area contributed by atoms with Crippen LogP contribution in [0.1, 0.15) is 57.1 Å². The van der Waals surface area contributed by atoms with Crippen molar-refractivity contribution in [1.82, 2.24) is 9.97 Å². The Morgan fingerprint density at radius 3 is 2.28 bits per heavy atom. The predicted molar refractivity (Wildman–Crippen MR) is 128 cm³/mol. The minimum Gasteiger partial charge on any atom is -0.506 e. The molecule has 0 saturated heterocycles. The number of aromatic hydroxyl groups is 1. The molecule has 1 saturated carbocycles. The first-order valence-electron chi connectivity index (χ1n) is 11.5. The lowest BCUT2D eigenvalue weighted by atomic mass is 9.71. The monoisotopic (exact) mass is 443 g/mol. The molecule has 0 spiro atoms. The summed E-state index contributed by atoms with van der Waals surface area (Å²) < 4.78 is 0. The Hall–Kier alpha value is -2.42. The summed E-state index contributed by atoms with van der Waals surface area (Å²) >= 11 is 0. The van der Waals surface area contributed by atoms with E-state index in [0.717, 1.165) is 22.4 Å². The van der Waals surface area contributed by atoms with E-state index in [0.29, 0.717) is 37.1 Å². The molecule has 32 heavy (non-hydrogen) atoms. The molecule has 0 aliphatic heterocycles. The lowest BCUT2D eigenvalue weighted by Crippen LogP contribution is -2.34. The number of nitrogen functional groups attached to an aromatic ring is 1. The molecule has 2 aliphatic rings. The van der Waals surface area contributed by atoms with Gasteiger partial charge >= 0.3 is 0 Å². The van der Waals surface area contributed by atoms with Gasteiger partial charge in [-0.25, -0.2) is 9.97 Å². The summed E-state index contributed by atoms with van der Waals surface area (Å²) in [6.07, 6.45) is 8.76. The Morgan fingerprint density at radius 2 is 1.72 bits per heavy atom. The van der Waals surface area contributed by atoms with Crippen LogP contribution in [0.2, 0.25) is 0 Å². The quantitative estimate of drug-likeness (QED) is 0.474. The van der Waals surface area contributed by atoms with Crippen molar-refractivity contribution < 1.29 is 15.3 Å². The highest BCUT2D eigenvalue weighted by Crippen LogP contribution is 2.49. The van der Waals surface area contributed by atoms with Crippen LogP contribution >= 0.6 is 0 Å². The normalized spacial score (nSPS) is 17.0. The first kappa shape index (κ1) is 24.2. The molecule has 0 radical (unpaired) electrons. The molecule has 2 aromatic rings. The fraction of sp³-hybridized carbons (Fsp3) is 0.583. The van der Waals surface area contributed by atoms with Crippen molar-refractivity contribution in [1.29, 1.82) is 0 Å². The highest BCUT2D eigenvalue weighted by atomic mass is 16.3. The average Bonchev–Trinajstić information content (AvgIpc) is 2.74. The number of benzene rings is 1. The molecule has 7 N–H and O–H groups in total. The number of hydrogen-bond acceptors (Lipinski definition) is 8. The number of nitrogens with two attached hydrogens (primary N) is 2. The predicted octanol–water partition coefficient (Wildman–Crippen LogP) is 2.33. The molecule has 2 aliphatic carbocycles. The van der Waals surface area contributed by atoms with Crippen LogP contribution < -0.4 is 16.4 Å². The Kier molecular flexibility index (Phi) is 7.92. The van der Waals surface area contributed by atoms with E-state index in [1.165, 1.54) is 38.4 Å². The van der Waals surface area contributed by atoms with E-state index < -0.39 is 0 Å². The average molecular weight is 444 g/mol. The van der Waals surface area contributed by atoms with Crippen LogP contribution in [0, 0.1) is 0 Å². The van der Waals surface area contributed by atoms with Crippen molar-refractivity contribution in [2.75, 3.05) is 36.9 Å². The van der Waals surface area contributed by atoms with E-state index in [-0.39, 0.29) is 24.4 Å². The van der Waals surface area contributed by atoms with Crippen LogP contribution in [-0.2, 0) is 11.8 Å². The minimum absolute atomic E-state index is 0.0712. The number of hydrogen-bond donors (Lipinski definition) is 5. The van der Waals surface area contributed by atoms with Crippen molar-refractivity contribution in [3.63, 3.8) is 0 Å². The molecular formula is C24H37N5O3. The van der Waals surface area contributed by atoms with Crippen LogP contribution in [0.5, 0.6) is 5.75 Å². The van der Waals surface area contributed by atoms with E-state index >= 15 is 0 Å². The highest BCUT2D eigenvalue weighted by molar-refractivity contribution is 5.83. The molecule has 1 aromatic carbocycles. The zero-order chi connectivity index (χ0) is 23.3. The Balaban J connectivity index is 0.000000352. The highest BCUT2D eigenvalue weighted by Gasteiger charge is 2.37. The second-order valence-corrected chi connectivity index (χ2v) is 9.33.